The van der Waals surface area contributed by atoms with E-state index in [4.69, 9.17) is 27.5 Å². The van der Waals surface area contributed by atoms with Crippen molar-refractivity contribution in [1.29, 1.82) is 0 Å². The zero-order chi connectivity index (χ0) is 67.4. The maximum absolute atomic E-state index is 12.3. The van der Waals surface area contributed by atoms with E-state index in [-0.39, 0.29) is 17.1 Å². The van der Waals surface area contributed by atoms with Gasteiger partial charge in [-0.1, -0.05) is 12.1 Å². The fraction of sp³-hybridized carbons (Fsp3) is 0. The Morgan fingerprint density at radius 1 is 0.289 bits per heavy atom. The lowest BCUT2D eigenvalue weighted by molar-refractivity contribution is 0.471. The SMILES string of the molecule is Nc1ccc(S(=O)(=O)O)c(N=Nc2c(S(=O)(=O)O)cc3cc(S(=O)(=O)O)c(N=Nc4ccc(S(=O)(=O)O)cc4)c(O)c3c2N)c1.Nc1ccc(S(=O)(=O)O)c(N=Nc2c(S(=O)(=O)O)cc3cc(S(=O)(=O)O)c(N=Nc4ccccc4S(=O)(=O)O)c(O)c3c2N)c1. The van der Waals surface area contributed by atoms with Crippen molar-refractivity contribution in [3.63, 3.8) is 0 Å². The zero-order valence-electron chi connectivity index (χ0n) is 43.5. The Labute approximate surface area is 505 Å². The van der Waals surface area contributed by atoms with Crippen LogP contribution in [0.2, 0.25) is 0 Å². The highest BCUT2D eigenvalue weighted by molar-refractivity contribution is 7.87. The molecule has 0 heterocycles. The number of rotatable bonds is 16. The third-order valence-corrected chi connectivity index (χ3v) is 18.6. The zero-order valence-corrected chi connectivity index (χ0v) is 50.1. The summed E-state index contributed by atoms with van der Waals surface area (Å²) in [5.41, 5.74) is 16.0. The Bertz CT molecular complexity index is 5490. The molecule has 0 fully saturated rings. The Balaban J connectivity index is 0.000000256. The molecule has 0 aliphatic carbocycles. The van der Waals surface area contributed by atoms with Crippen LogP contribution >= 0.6 is 0 Å². The standard InChI is InChI=1S/2C22H18N6O13S4/c23-11-1-6-15(43(33,34)35)14(9-11)26-27-20-16(44(36,37)38)7-10-8-17(45(39,40)41)21(22(29)18(10)19(20)24)28-25-12-2-4-13(5-3-12)42(30,31)32;23-11-5-6-15(43(33,34)35)13(9-11)26-27-20-16(44(36,37)38)7-10-8-17(45(39,40)41)21(22(29)18(10)19(20)24)28-25-12-3-1-2-4-14(12)42(30,31)32/h2*1-9,29H,23-24H2,(H,30,31,32)(H,33,34,35)(H,36,37,38)(H,39,40,41). The first-order valence-corrected chi connectivity index (χ1v) is 34.4. The highest BCUT2D eigenvalue weighted by atomic mass is 32.2. The van der Waals surface area contributed by atoms with E-state index < -0.39 is 204 Å². The molecule has 476 valence electrons. The van der Waals surface area contributed by atoms with E-state index in [9.17, 15) is 109 Å². The van der Waals surface area contributed by atoms with Gasteiger partial charge in [0.05, 0.1) is 32.7 Å². The average molecular weight is 1410 g/mol. The molecule has 0 unspecified atom stereocenters. The summed E-state index contributed by atoms with van der Waals surface area (Å²) < 4.78 is 268. The van der Waals surface area contributed by atoms with Crippen LogP contribution in [0.3, 0.4) is 0 Å². The van der Waals surface area contributed by atoms with Gasteiger partial charge in [-0.2, -0.15) is 72.5 Å². The van der Waals surface area contributed by atoms with Crippen molar-refractivity contribution in [3.8, 4) is 11.5 Å². The van der Waals surface area contributed by atoms with Gasteiger partial charge in [0.1, 0.15) is 74.1 Å². The molecule has 90 heavy (non-hydrogen) atoms. The predicted molar refractivity (Wildman–Crippen MR) is 310 cm³/mol. The van der Waals surface area contributed by atoms with Gasteiger partial charge in [-0.05, 0) is 108 Å². The smallest absolute Gasteiger partial charge is 0.296 e. The number of fused-ring (bicyclic) bond motifs is 2. The number of hydrogen-bond donors (Lipinski definition) is 14. The van der Waals surface area contributed by atoms with Gasteiger partial charge >= 0.3 is 0 Å². The van der Waals surface area contributed by atoms with E-state index in [0.29, 0.717) is 24.3 Å². The highest BCUT2D eigenvalue weighted by Crippen LogP contribution is 2.51. The van der Waals surface area contributed by atoms with Gasteiger partial charge in [0.15, 0.2) is 11.5 Å². The van der Waals surface area contributed by atoms with Gasteiger partial charge in [0.25, 0.3) is 80.9 Å². The van der Waals surface area contributed by atoms with Crippen molar-refractivity contribution in [2.24, 2.45) is 40.9 Å². The highest BCUT2D eigenvalue weighted by Gasteiger charge is 2.31. The summed E-state index contributed by atoms with van der Waals surface area (Å²) in [6.45, 7) is 0. The number of phenols is 2. The monoisotopic (exact) mass is 1400 g/mol. The lowest BCUT2D eigenvalue weighted by Gasteiger charge is -2.14. The van der Waals surface area contributed by atoms with Gasteiger partial charge in [-0.3, -0.25) is 36.4 Å². The number of hydrogen-bond acceptors (Lipinski definition) is 30. The molecule has 0 bridgehead atoms. The van der Waals surface area contributed by atoms with E-state index in [0.717, 1.165) is 72.8 Å². The van der Waals surface area contributed by atoms with Crippen LogP contribution in [0.4, 0.5) is 68.2 Å². The van der Waals surface area contributed by atoms with Crippen LogP contribution in [0.25, 0.3) is 21.5 Å². The topological polar surface area (TPSA) is 678 Å². The fourth-order valence-electron chi connectivity index (χ4n) is 7.73. The third kappa shape index (κ3) is 15.1. The molecule has 46 heteroatoms. The van der Waals surface area contributed by atoms with Crippen LogP contribution in [-0.2, 0) is 80.9 Å². The van der Waals surface area contributed by atoms with Crippen molar-refractivity contribution in [3.05, 3.63) is 109 Å². The van der Waals surface area contributed by atoms with Gasteiger partial charge in [-0.15, -0.1) is 35.8 Å². The molecule has 8 aromatic rings. The molecule has 0 aliphatic heterocycles. The molecule has 0 saturated carbocycles. The van der Waals surface area contributed by atoms with Gasteiger partial charge < -0.3 is 33.1 Å². The lowest BCUT2D eigenvalue weighted by Crippen LogP contribution is -2.04. The number of azo groups is 4. The van der Waals surface area contributed by atoms with Gasteiger partial charge in [0, 0.05) is 11.4 Å². The molecular weight excluding hydrogens is 1370 g/mol. The molecule has 8 rings (SSSR count). The molecule has 18 N–H and O–H groups in total. The van der Waals surface area contributed by atoms with Crippen molar-refractivity contribution < 1.29 is 114 Å². The number of aromatic hydroxyl groups is 2. The quantitative estimate of drug-likeness (QED) is 0.0261. The molecule has 38 nitrogen and oxygen atoms in total. The molecule has 8 aromatic carbocycles. The summed E-state index contributed by atoms with van der Waals surface area (Å²) in [5.74, 6) is -2.30. The van der Waals surface area contributed by atoms with E-state index in [2.05, 4.69) is 40.9 Å². The van der Waals surface area contributed by atoms with Crippen LogP contribution in [0.5, 0.6) is 11.5 Å². The van der Waals surface area contributed by atoms with E-state index in [1.807, 2.05) is 0 Å². The number of phenolic OH excluding ortho intramolecular Hbond substituents is 2. The van der Waals surface area contributed by atoms with Crippen LogP contribution in [0.1, 0.15) is 0 Å². The molecule has 0 aliphatic rings. The van der Waals surface area contributed by atoms with Crippen molar-refractivity contribution in [1.82, 2.24) is 0 Å². The second kappa shape index (κ2) is 24.3. The van der Waals surface area contributed by atoms with E-state index in [1.54, 1.807) is 0 Å². The minimum Gasteiger partial charge on any atom is -0.505 e. The Kier molecular flexibility index (Phi) is 18.4. The number of anilines is 4. The van der Waals surface area contributed by atoms with Crippen molar-refractivity contribution >= 4 is 171 Å². The fourth-order valence-corrected chi connectivity index (χ4v) is 12.7. The molecule has 0 atom stereocenters. The molecular formula is C44H36N12O26S8. The first kappa shape index (κ1) is 68.3. The molecule has 0 saturated heterocycles. The first-order chi connectivity index (χ1) is 41.2. The average Bonchev–Trinajstić information content (AvgIpc) is 0.754. The largest absolute Gasteiger partial charge is 0.505 e. The third-order valence-electron chi connectivity index (χ3n) is 11.6. The second-order valence-electron chi connectivity index (χ2n) is 17.6. The van der Waals surface area contributed by atoms with Crippen molar-refractivity contribution in [2.45, 2.75) is 39.2 Å². The van der Waals surface area contributed by atoms with Gasteiger partial charge in [-0.25, -0.2) is 0 Å². The number of benzene rings is 8. The summed E-state index contributed by atoms with van der Waals surface area (Å²) in [6, 6.07) is 16.5. The maximum Gasteiger partial charge on any atom is 0.296 e. The summed E-state index contributed by atoms with van der Waals surface area (Å²) >= 11 is 0. The molecule has 0 spiro atoms. The lowest BCUT2D eigenvalue weighted by atomic mass is 10.1. The number of nitrogens with zero attached hydrogens (tertiary/aromatic N) is 8. The van der Waals surface area contributed by atoms with Crippen LogP contribution in [-0.4, -0.2) is 114 Å². The minimum atomic E-state index is -5.30. The summed E-state index contributed by atoms with van der Waals surface area (Å²) in [7, 11) is -40.3. The summed E-state index contributed by atoms with van der Waals surface area (Å²) in [4.78, 5) is -7.45. The van der Waals surface area contributed by atoms with E-state index in [1.165, 1.54) is 12.1 Å². The molecule has 0 amide bonds. The Hall–Kier alpha value is -9.24. The van der Waals surface area contributed by atoms with Crippen molar-refractivity contribution in [2.75, 3.05) is 22.9 Å². The first-order valence-electron chi connectivity index (χ1n) is 22.9. The number of nitrogens with two attached hydrogens (primary N) is 4. The minimum absolute atomic E-state index is 0.0594. The number of nitrogen functional groups attached to an aromatic ring is 4. The second-order valence-corrected chi connectivity index (χ2v) is 28.8. The van der Waals surface area contributed by atoms with Gasteiger partial charge in [0.2, 0.25) is 0 Å². The van der Waals surface area contributed by atoms with Crippen LogP contribution in [0, 0.1) is 0 Å². The Morgan fingerprint density at radius 3 is 0.933 bits per heavy atom. The summed E-state index contributed by atoms with van der Waals surface area (Å²) in [5, 5.41) is 48.6. The molecule has 0 aromatic heterocycles. The summed E-state index contributed by atoms with van der Waals surface area (Å²) in [6.07, 6.45) is 0. The Morgan fingerprint density at radius 2 is 0.589 bits per heavy atom. The molecule has 0 radical (unpaired) electrons. The predicted octanol–water partition coefficient (Wildman–Crippen LogP) is 7.05. The van der Waals surface area contributed by atoms with Crippen LogP contribution < -0.4 is 22.9 Å². The van der Waals surface area contributed by atoms with E-state index >= 15 is 0 Å². The normalized spacial score (nSPS) is 13.2. The maximum atomic E-state index is 12.3. The van der Waals surface area contributed by atoms with Crippen LogP contribution in [0.15, 0.2) is 189 Å².